The first-order chi connectivity index (χ1) is 15.7. The second-order valence-electron chi connectivity index (χ2n) is 8.78. The minimum Gasteiger partial charge on any atom is -0.342 e. The molecule has 2 aromatic heterocycles. The molecule has 2 amide bonds. The van der Waals surface area contributed by atoms with Crippen LogP contribution >= 0.6 is 11.3 Å². The molecule has 2 aliphatic rings. The van der Waals surface area contributed by atoms with Crippen molar-refractivity contribution in [2.24, 2.45) is 5.92 Å². The molecule has 7 nitrogen and oxygen atoms in total. The predicted octanol–water partition coefficient (Wildman–Crippen LogP) is 3.80. The van der Waals surface area contributed by atoms with Crippen LogP contribution in [0.25, 0.3) is 22.6 Å². The third kappa shape index (κ3) is 4.28. The van der Waals surface area contributed by atoms with E-state index in [0.717, 1.165) is 61.3 Å². The van der Waals surface area contributed by atoms with E-state index in [1.807, 2.05) is 39.1 Å². The van der Waals surface area contributed by atoms with E-state index in [2.05, 4.69) is 9.88 Å². The lowest BCUT2D eigenvalue weighted by Crippen LogP contribution is -2.45. The van der Waals surface area contributed by atoms with E-state index >= 15 is 0 Å². The Labute approximate surface area is 192 Å². The van der Waals surface area contributed by atoms with Crippen LogP contribution in [0.5, 0.6) is 0 Å². The second kappa shape index (κ2) is 9.40. The number of carbonyl (C=O) groups excluding carboxylic acids is 2. The summed E-state index contributed by atoms with van der Waals surface area (Å²) in [5.41, 5.74) is 4.38. The number of nitrogens with zero attached hydrogens (tertiary/aromatic N) is 5. The lowest BCUT2D eigenvalue weighted by molar-refractivity contribution is -0.141. The summed E-state index contributed by atoms with van der Waals surface area (Å²) < 4.78 is 1.97. The van der Waals surface area contributed by atoms with Crippen LogP contribution in [0, 0.1) is 5.92 Å². The molecule has 32 heavy (non-hydrogen) atoms. The zero-order valence-corrected chi connectivity index (χ0v) is 19.1. The monoisotopic (exact) mass is 451 g/mol. The zero-order valence-electron chi connectivity index (χ0n) is 18.3. The van der Waals surface area contributed by atoms with E-state index in [-0.39, 0.29) is 18.4 Å². The Balaban J connectivity index is 1.26. The Bertz CT molecular complexity index is 1080. The maximum absolute atomic E-state index is 13.2. The SMILES string of the molecule is O=C(Cn1c(-c2cscn2)nc2ccccc21)N1CCC(C(=O)N2CCCCCC2)CC1. The van der Waals surface area contributed by atoms with Gasteiger partial charge in [0.15, 0.2) is 5.82 Å². The number of likely N-dealkylation sites (tertiary alicyclic amines) is 2. The molecule has 8 heteroatoms. The highest BCUT2D eigenvalue weighted by molar-refractivity contribution is 7.07. The number of rotatable bonds is 4. The van der Waals surface area contributed by atoms with Gasteiger partial charge in [0.1, 0.15) is 12.2 Å². The summed E-state index contributed by atoms with van der Waals surface area (Å²) in [6.07, 6.45) is 6.19. The van der Waals surface area contributed by atoms with Crippen LogP contribution in [0.3, 0.4) is 0 Å². The first-order valence-electron chi connectivity index (χ1n) is 11.6. The number of carbonyl (C=O) groups is 2. The largest absolute Gasteiger partial charge is 0.342 e. The number of fused-ring (bicyclic) bond motifs is 1. The third-order valence-electron chi connectivity index (χ3n) is 6.72. The Morgan fingerprint density at radius 3 is 2.44 bits per heavy atom. The van der Waals surface area contributed by atoms with Crippen LogP contribution in [0.15, 0.2) is 35.2 Å². The van der Waals surface area contributed by atoms with Gasteiger partial charge >= 0.3 is 0 Å². The van der Waals surface area contributed by atoms with Crippen LogP contribution in [0.4, 0.5) is 0 Å². The number of hydrogen-bond acceptors (Lipinski definition) is 5. The van der Waals surface area contributed by atoms with Gasteiger partial charge in [-0.25, -0.2) is 9.97 Å². The third-order valence-corrected chi connectivity index (χ3v) is 7.31. The Morgan fingerprint density at radius 1 is 0.969 bits per heavy atom. The van der Waals surface area contributed by atoms with Crippen molar-refractivity contribution in [1.82, 2.24) is 24.3 Å². The van der Waals surface area contributed by atoms with Crippen molar-refractivity contribution in [3.05, 3.63) is 35.2 Å². The molecule has 2 fully saturated rings. The number of imidazole rings is 1. The number of para-hydroxylation sites is 2. The fraction of sp³-hybridized carbons (Fsp3) is 0.500. The average molecular weight is 452 g/mol. The molecule has 4 heterocycles. The fourth-order valence-corrected chi connectivity index (χ4v) is 5.44. The van der Waals surface area contributed by atoms with Crippen LogP contribution < -0.4 is 0 Å². The van der Waals surface area contributed by atoms with Crippen LogP contribution in [0.2, 0.25) is 0 Å². The van der Waals surface area contributed by atoms with E-state index in [1.165, 1.54) is 24.2 Å². The van der Waals surface area contributed by atoms with Crippen molar-refractivity contribution in [3.8, 4) is 11.5 Å². The lowest BCUT2D eigenvalue weighted by atomic mass is 9.95. The van der Waals surface area contributed by atoms with Crippen LogP contribution in [-0.2, 0) is 16.1 Å². The van der Waals surface area contributed by atoms with E-state index in [1.54, 1.807) is 5.51 Å². The fourth-order valence-electron chi connectivity index (χ4n) is 4.91. The van der Waals surface area contributed by atoms with Gasteiger partial charge in [-0.15, -0.1) is 11.3 Å². The highest BCUT2D eigenvalue weighted by atomic mass is 32.1. The summed E-state index contributed by atoms with van der Waals surface area (Å²) in [5, 5.41) is 1.96. The van der Waals surface area contributed by atoms with Crippen LogP contribution in [0.1, 0.15) is 38.5 Å². The zero-order chi connectivity index (χ0) is 21.9. The molecule has 0 radical (unpaired) electrons. The molecule has 0 atom stereocenters. The summed E-state index contributed by atoms with van der Waals surface area (Å²) in [6.45, 7) is 3.30. The highest BCUT2D eigenvalue weighted by Crippen LogP contribution is 2.26. The molecule has 168 valence electrons. The molecule has 0 N–H and O–H groups in total. The smallest absolute Gasteiger partial charge is 0.242 e. The summed E-state index contributed by atoms with van der Waals surface area (Å²) in [4.78, 5) is 39.3. The minimum atomic E-state index is 0.0526. The molecule has 2 saturated heterocycles. The van der Waals surface area contributed by atoms with Gasteiger partial charge in [-0.1, -0.05) is 25.0 Å². The Morgan fingerprint density at radius 2 is 1.72 bits per heavy atom. The molecule has 0 unspecified atom stereocenters. The number of amides is 2. The minimum absolute atomic E-state index is 0.0526. The molecule has 1 aromatic carbocycles. The Kier molecular flexibility index (Phi) is 6.21. The molecule has 0 spiro atoms. The molecule has 5 rings (SSSR count). The second-order valence-corrected chi connectivity index (χ2v) is 9.50. The van der Waals surface area contributed by atoms with E-state index in [0.29, 0.717) is 19.0 Å². The number of aromatic nitrogens is 3. The summed E-state index contributed by atoms with van der Waals surface area (Å²) in [7, 11) is 0. The van der Waals surface area contributed by atoms with Gasteiger partial charge in [0, 0.05) is 37.5 Å². The van der Waals surface area contributed by atoms with E-state index in [9.17, 15) is 9.59 Å². The van der Waals surface area contributed by atoms with Crippen LogP contribution in [-0.4, -0.2) is 62.3 Å². The van der Waals surface area contributed by atoms with Crippen molar-refractivity contribution in [3.63, 3.8) is 0 Å². The molecule has 3 aromatic rings. The maximum atomic E-state index is 13.2. The molecule has 0 saturated carbocycles. The normalized spacial score (nSPS) is 18.1. The van der Waals surface area contributed by atoms with Gasteiger partial charge in [0.2, 0.25) is 11.8 Å². The molecular formula is C24H29N5O2S. The molecule has 2 aliphatic heterocycles. The maximum Gasteiger partial charge on any atom is 0.242 e. The predicted molar refractivity (Wildman–Crippen MR) is 125 cm³/mol. The standard InChI is InChI=1S/C24H29N5O2S/c30-22(27-13-9-18(10-14-27)24(31)28-11-5-1-2-6-12-28)15-29-21-8-4-3-7-19(21)26-23(29)20-16-32-17-25-20/h3-4,7-8,16-18H,1-2,5-6,9-15H2. The van der Waals surface area contributed by atoms with E-state index in [4.69, 9.17) is 4.98 Å². The van der Waals surface area contributed by atoms with Crippen molar-refractivity contribution in [2.45, 2.75) is 45.1 Å². The number of piperidine rings is 1. The molecule has 0 bridgehead atoms. The average Bonchev–Trinajstić information content (AvgIpc) is 3.39. The lowest BCUT2D eigenvalue weighted by Gasteiger charge is -2.34. The van der Waals surface area contributed by atoms with Gasteiger partial charge in [0.05, 0.1) is 16.5 Å². The number of benzene rings is 1. The highest BCUT2D eigenvalue weighted by Gasteiger charge is 2.31. The van der Waals surface area contributed by atoms with Crippen molar-refractivity contribution >= 4 is 34.2 Å². The first kappa shape index (κ1) is 21.1. The van der Waals surface area contributed by atoms with Gasteiger partial charge in [0.25, 0.3) is 0 Å². The van der Waals surface area contributed by atoms with Gasteiger partial charge < -0.3 is 14.4 Å². The quantitative estimate of drug-likeness (QED) is 0.605. The molecular weight excluding hydrogens is 422 g/mol. The Hall–Kier alpha value is -2.74. The summed E-state index contributed by atoms with van der Waals surface area (Å²) in [5.74, 6) is 1.15. The van der Waals surface area contributed by atoms with Crippen molar-refractivity contribution in [1.29, 1.82) is 0 Å². The molecule has 0 aliphatic carbocycles. The van der Waals surface area contributed by atoms with Gasteiger partial charge in [-0.05, 0) is 37.8 Å². The topological polar surface area (TPSA) is 71.3 Å². The number of thiazole rings is 1. The summed E-state index contributed by atoms with van der Waals surface area (Å²) >= 11 is 1.52. The first-order valence-corrected chi connectivity index (χ1v) is 12.6. The summed E-state index contributed by atoms with van der Waals surface area (Å²) in [6, 6.07) is 7.89. The number of hydrogen-bond donors (Lipinski definition) is 0. The van der Waals surface area contributed by atoms with Gasteiger partial charge in [-0.3, -0.25) is 9.59 Å². The van der Waals surface area contributed by atoms with Gasteiger partial charge in [-0.2, -0.15) is 0 Å². The van der Waals surface area contributed by atoms with Crippen molar-refractivity contribution in [2.75, 3.05) is 26.2 Å². The van der Waals surface area contributed by atoms with Crippen molar-refractivity contribution < 1.29 is 9.59 Å². The van der Waals surface area contributed by atoms with E-state index < -0.39 is 0 Å².